The van der Waals surface area contributed by atoms with Crippen molar-refractivity contribution in [1.82, 2.24) is 20.4 Å². The molecule has 0 fully saturated rings. The van der Waals surface area contributed by atoms with E-state index in [1.807, 2.05) is 0 Å². The second kappa shape index (κ2) is 6.13. The van der Waals surface area contributed by atoms with E-state index in [0.717, 1.165) is 0 Å². The van der Waals surface area contributed by atoms with E-state index in [9.17, 15) is 9.18 Å². The van der Waals surface area contributed by atoms with Crippen LogP contribution in [0.25, 0.3) is 11.4 Å². The van der Waals surface area contributed by atoms with E-state index < -0.39 is 5.82 Å². The highest BCUT2D eigenvalue weighted by Crippen LogP contribution is 2.19. The summed E-state index contributed by atoms with van der Waals surface area (Å²) in [7, 11) is 0. The van der Waals surface area contributed by atoms with Crippen molar-refractivity contribution in [1.29, 1.82) is 0 Å². The Morgan fingerprint density at radius 1 is 1.18 bits per heavy atom. The van der Waals surface area contributed by atoms with Crippen molar-refractivity contribution in [2.24, 2.45) is 0 Å². The van der Waals surface area contributed by atoms with Gasteiger partial charge in [-0.1, -0.05) is 17.3 Å². The van der Waals surface area contributed by atoms with Crippen molar-refractivity contribution in [3.63, 3.8) is 0 Å². The smallest absolute Gasteiger partial charge is 0.251 e. The summed E-state index contributed by atoms with van der Waals surface area (Å²) in [5, 5.41) is 6.35. The molecule has 0 bridgehead atoms. The topological polar surface area (TPSA) is 80.9 Å². The molecule has 1 amide bonds. The van der Waals surface area contributed by atoms with Gasteiger partial charge in [-0.3, -0.25) is 9.78 Å². The maximum atomic E-state index is 13.6. The highest BCUT2D eigenvalue weighted by atomic mass is 19.1. The van der Waals surface area contributed by atoms with E-state index in [-0.39, 0.29) is 29.7 Å². The van der Waals surface area contributed by atoms with Crippen LogP contribution in [-0.4, -0.2) is 21.0 Å². The summed E-state index contributed by atoms with van der Waals surface area (Å²) < 4.78 is 18.6. The van der Waals surface area contributed by atoms with Crippen LogP contribution in [0.4, 0.5) is 4.39 Å². The highest BCUT2D eigenvalue weighted by molar-refractivity contribution is 5.93. The Balaban J connectivity index is 1.68. The van der Waals surface area contributed by atoms with Crippen molar-refractivity contribution in [2.45, 2.75) is 6.54 Å². The molecule has 0 saturated carbocycles. The molecule has 0 unspecified atom stereocenters. The number of carbonyl (C=O) groups excluding carboxylic acids is 1. The van der Waals surface area contributed by atoms with Crippen molar-refractivity contribution in [3.8, 4) is 11.4 Å². The van der Waals surface area contributed by atoms with Crippen LogP contribution in [0.15, 0.2) is 53.3 Å². The van der Waals surface area contributed by atoms with E-state index in [2.05, 4.69) is 20.4 Å². The molecule has 0 radical (unpaired) electrons. The second-order valence-electron chi connectivity index (χ2n) is 4.41. The van der Waals surface area contributed by atoms with Crippen LogP contribution in [0, 0.1) is 5.82 Å². The van der Waals surface area contributed by atoms with Crippen LogP contribution in [0.3, 0.4) is 0 Å². The molecule has 0 aliphatic heterocycles. The van der Waals surface area contributed by atoms with Crippen LogP contribution in [0.5, 0.6) is 0 Å². The maximum Gasteiger partial charge on any atom is 0.251 e. The van der Waals surface area contributed by atoms with Gasteiger partial charge in [0.05, 0.1) is 12.1 Å². The first kappa shape index (κ1) is 13.9. The molecule has 2 heterocycles. The minimum atomic E-state index is -0.435. The predicted molar refractivity (Wildman–Crippen MR) is 75.1 cm³/mol. The zero-order valence-corrected chi connectivity index (χ0v) is 11.4. The fourth-order valence-corrected chi connectivity index (χ4v) is 1.84. The molecule has 0 aliphatic rings. The molecular formula is C15H11FN4O2. The molecule has 3 rings (SSSR count). The molecule has 0 spiro atoms. The van der Waals surface area contributed by atoms with Gasteiger partial charge in [-0.15, -0.1) is 0 Å². The molecule has 3 aromatic rings. The Morgan fingerprint density at radius 2 is 1.95 bits per heavy atom. The Kier molecular flexibility index (Phi) is 3.86. The predicted octanol–water partition coefficient (Wildman–Crippen LogP) is 2.20. The minimum Gasteiger partial charge on any atom is -0.343 e. The summed E-state index contributed by atoms with van der Waals surface area (Å²) in [6, 6.07) is 9.31. The highest BCUT2D eigenvalue weighted by Gasteiger charge is 2.13. The zero-order chi connectivity index (χ0) is 15.4. The number of nitrogens with one attached hydrogen (secondary N) is 1. The van der Waals surface area contributed by atoms with Gasteiger partial charge in [0, 0.05) is 18.0 Å². The lowest BCUT2D eigenvalue weighted by Gasteiger charge is -2.01. The summed E-state index contributed by atoms with van der Waals surface area (Å²) in [4.78, 5) is 19.8. The number of aromatic nitrogens is 3. The fraction of sp³-hybridized carbons (Fsp3) is 0.0667. The largest absolute Gasteiger partial charge is 0.343 e. The van der Waals surface area contributed by atoms with Crippen molar-refractivity contribution in [3.05, 3.63) is 66.1 Å². The molecule has 1 N–H and O–H groups in total. The van der Waals surface area contributed by atoms with Gasteiger partial charge >= 0.3 is 0 Å². The molecule has 0 aliphatic carbocycles. The van der Waals surface area contributed by atoms with Crippen molar-refractivity contribution >= 4 is 5.91 Å². The van der Waals surface area contributed by atoms with Crippen LogP contribution in [0.2, 0.25) is 0 Å². The van der Waals surface area contributed by atoms with Gasteiger partial charge in [-0.2, -0.15) is 4.98 Å². The quantitative estimate of drug-likeness (QED) is 0.798. The molecule has 1 aromatic carbocycles. The van der Waals surface area contributed by atoms with Gasteiger partial charge in [0.25, 0.3) is 5.91 Å². The molecular weight excluding hydrogens is 287 g/mol. The molecule has 0 atom stereocenters. The normalized spacial score (nSPS) is 10.4. The molecule has 22 heavy (non-hydrogen) atoms. The third kappa shape index (κ3) is 2.98. The Morgan fingerprint density at radius 3 is 2.73 bits per heavy atom. The lowest BCUT2D eigenvalue weighted by molar-refractivity contribution is 0.0946. The lowest BCUT2D eigenvalue weighted by Crippen LogP contribution is -2.22. The van der Waals surface area contributed by atoms with Crippen LogP contribution >= 0.6 is 0 Å². The first-order chi connectivity index (χ1) is 10.7. The van der Waals surface area contributed by atoms with Crippen LogP contribution in [-0.2, 0) is 6.54 Å². The average Bonchev–Trinajstić information content (AvgIpc) is 3.02. The standard InChI is InChI=1S/C15H11FN4O2/c16-12-4-2-1-3-11(12)14-19-13(22-20-14)9-18-15(21)10-5-7-17-8-6-10/h1-8H,9H2,(H,18,21). The number of halogens is 1. The third-order valence-corrected chi connectivity index (χ3v) is 2.93. The SMILES string of the molecule is O=C(NCc1nc(-c2ccccc2F)no1)c1ccncc1. The summed E-state index contributed by atoms with van der Waals surface area (Å²) in [5.74, 6) is -0.379. The first-order valence-electron chi connectivity index (χ1n) is 6.50. The van der Waals surface area contributed by atoms with Gasteiger partial charge in [0.1, 0.15) is 5.82 Å². The Bertz CT molecular complexity index is 789. The van der Waals surface area contributed by atoms with Crippen molar-refractivity contribution in [2.75, 3.05) is 0 Å². The summed E-state index contributed by atoms with van der Waals surface area (Å²) in [5.41, 5.74) is 0.724. The summed E-state index contributed by atoms with van der Waals surface area (Å²) in [6.07, 6.45) is 3.05. The number of benzene rings is 1. The molecule has 2 aromatic heterocycles. The summed E-state index contributed by atoms with van der Waals surface area (Å²) in [6.45, 7) is 0.0581. The number of hydrogen-bond donors (Lipinski definition) is 1. The van der Waals surface area contributed by atoms with Crippen LogP contribution < -0.4 is 5.32 Å². The number of rotatable bonds is 4. The van der Waals surface area contributed by atoms with E-state index >= 15 is 0 Å². The number of carbonyl (C=O) groups is 1. The Hall–Kier alpha value is -3.09. The second-order valence-corrected chi connectivity index (χ2v) is 4.41. The number of hydrogen-bond acceptors (Lipinski definition) is 5. The van der Waals surface area contributed by atoms with E-state index in [0.29, 0.717) is 5.56 Å². The Labute approximate surface area is 125 Å². The zero-order valence-electron chi connectivity index (χ0n) is 11.4. The van der Waals surface area contributed by atoms with Crippen LogP contribution in [0.1, 0.15) is 16.2 Å². The third-order valence-electron chi connectivity index (χ3n) is 2.93. The first-order valence-corrected chi connectivity index (χ1v) is 6.50. The number of nitrogens with zero attached hydrogens (tertiary/aromatic N) is 3. The number of pyridine rings is 1. The van der Waals surface area contributed by atoms with E-state index in [1.54, 1.807) is 30.3 Å². The van der Waals surface area contributed by atoms with Gasteiger partial charge in [-0.25, -0.2) is 4.39 Å². The van der Waals surface area contributed by atoms with E-state index in [4.69, 9.17) is 4.52 Å². The van der Waals surface area contributed by atoms with Gasteiger partial charge in [0.2, 0.25) is 11.7 Å². The fourth-order valence-electron chi connectivity index (χ4n) is 1.84. The van der Waals surface area contributed by atoms with Gasteiger partial charge in [0.15, 0.2) is 0 Å². The van der Waals surface area contributed by atoms with Gasteiger partial charge in [-0.05, 0) is 24.3 Å². The van der Waals surface area contributed by atoms with E-state index in [1.165, 1.54) is 18.5 Å². The average molecular weight is 298 g/mol. The van der Waals surface area contributed by atoms with Gasteiger partial charge < -0.3 is 9.84 Å². The number of amides is 1. The molecule has 0 saturated heterocycles. The minimum absolute atomic E-state index is 0.0581. The molecule has 6 nitrogen and oxygen atoms in total. The lowest BCUT2D eigenvalue weighted by atomic mass is 10.2. The molecule has 7 heteroatoms. The summed E-state index contributed by atoms with van der Waals surface area (Å²) >= 11 is 0. The monoisotopic (exact) mass is 298 g/mol. The van der Waals surface area contributed by atoms with Crippen molar-refractivity contribution < 1.29 is 13.7 Å². The molecule has 110 valence electrons. The maximum absolute atomic E-state index is 13.6.